The Hall–Kier alpha value is -1.94. The van der Waals surface area contributed by atoms with Crippen LogP contribution in [0.1, 0.15) is 18.1 Å². The minimum Gasteiger partial charge on any atom is -0.424 e. The molecule has 0 saturated heterocycles. The summed E-state index contributed by atoms with van der Waals surface area (Å²) in [6, 6.07) is 8.24. The van der Waals surface area contributed by atoms with Crippen molar-refractivity contribution >= 4 is 0 Å². The Labute approximate surface area is 107 Å². The molecule has 94 valence electrons. The minimum atomic E-state index is 0.108. The lowest BCUT2D eigenvalue weighted by Gasteiger charge is -2.07. The fourth-order valence-electron chi connectivity index (χ4n) is 1.64. The molecule has 0 fully saturated rings. The normalized spacial score (nSPS) is 12.2. The molecular formula is C14H17N3O. The van der Waals surface area contributed by atoms with Crippen molar-refractivity contribution in [3.63, 3.8) is 0 Å². The molecule has 0 radical (unpaired) electrons. The highest BCUT2D eigenvalue weighted by molar-refractivity contribution is 5.33. The van der Waals surface area contributed by atoms with Crippen LogP contribution in [0, 0.1) is 6.92 Å². The lowest BCUT2D eigenvalue weighted by molar-refractivity contribution is 0.437. The van der Waals surface area contributed by atoms with E-state index in [-0.39, 0.29) is 6.04 Å². The van der Waals surface area contributed by atoms with Gasteiger partial charge >= 0.3 is 6.01 Å². The second-order valence-electron chi connectivity index (χ2n) is 4.42. The van der Waals surface area contributed by atoms with Crippen molar-refractivity contribution in [2.45, 2.75) is 26.3 Å². The Bertz CT molecular complexity index is 509. The van der Waals surface area contributed by atoms with Crippen molar-refractivity contribution in [1.82, 2.24) is 9.97 Å². The Morgan fingerprint density at radius 1 is 1.22 bits per heavy atom. The molecule has 2 N–H and O–H groups in total. The largest absolute Gasteiger partial charge is 0.424 e. The molecule has 0 saturated carbocycles. The fraction of sp³-hybridized carbons (Fsp3) is 0.286. The number of para-hydroxylation sites is 1. The zero-order chi connectivity index (χ0) is 13.0. The summed E-state index contributed by atoms with van der Waals surface area (Å²) >= 11 is 0. The smallest absolute Gasteiger partial charge is 0.321 e. The predicted octanol–water partition coefficient (Wildman–Crippen LogP) is 2.47. The monoisotopic (exact) mass is 243 g/mol. The molecule has 0 aliphatic carbocycles. The van der Waals surface area contributed by atoms with Gasteiger partial charge in [-0.3, -0.25) is 0 Å². The van der Waals surface area contributed by atoms with E-state index in [4.69, 9.17) is 10.5 Å². The molecule has 0 amide bonds. The van der Waals surface area contributed by atoms with E-state index in [0.717, 1.165) is 23.3 Å². The molecule has 0 aliphatic rings. The van der Waals surface area contributed by atoms with Crippen LogP contribution in [0.5, 0.6) is 11.8 Å². The van der Waals surface area contributed by atoms with Gasteiger partial charge in [0.2, 0.25) is 0 Å². The minimum absolute atomic E-state index is 0.108. The van der Waals surface area contributed by atoms with E-state index < -0.39 is 0 Å². The van der Waals surface area contributed by atoms with E-state index in [1.165, 1.54) is 0 Å². The quantitative estimate of drug-likeness (QED) is 0.896. The number of nitrogens with zero attached hydrogens (tertiary/aromatic N) is 2. The Balaban J connectivity index is 2.09. The van der Waals surface area contributed by atoms with Crippen LogP contribution < -0.4 is 10.5 Å². The molecule has 1 heterocycles. The molecule has 1 atom stereocenters. The summed E-state index contributed by atoms with van der Waals surface area (Å²) in [7, 11) is 0. The van der Waals surface area contributed by atoms with E-state index in [1.54, 1.807) is 12.4 Å². The van der Waals surface area contributed by atoms with E-state index >= 15 is 0 Å². The van der Waals surface area contributed by atoms with Crippen molar-refractivity contribution in [2.24, 2.45) is 5.73 Å². The van der Waals surface area contributed by atoms with Gasteiger partial charge in [-0.1, -0.05) is 18.2 Å². The van der Waals surface area contributed by atoms with Crippen LogP contribution >= 0.6 is 0 Å². The van der Waals surface area contributed by atoms with Crippen LogP contribution in [0.4, 0.5) is 0 Å². The van der Waals surface area contributed by atoms with Gasteiger partial charge in [0, 0.05) is 18.4 Å². The van der Waals surface area contributed by atoms with Crippen LogP contribution in [-0.4, -0.2) is 16.0 Å². The van der Waals surface area contributed by atoms with Gasteiger partial charge in [-0.2, -0.15) is 0 Å². The third-order valence-electron chi connectivity index (χ3n) is 2.53. The van der Waals surface area contributed by atoms with Crippen molar-refractivity contribution in [3.05, 3.63) is 47.8 Å². The van der Waals surface area contributed by atoms with Gasteiger partial charge in [0.1, 0.15) is 5.75 Å². The number of rotatable bonds is 4. The third-order valence-corrected chi connectivity index (χ3v) is 2.53. The highest BCUT2D eigenvalue weighted by Gasteiger charge is 2.04. The Morgan fingerprint density at radius 3 is 2.50 bits per heavy atom. The molecule has 2 aromatic rings. The van der Waals surface area contributed by atoms with Gasteiger partial charge < -0.3 is 10.5 Å². The van der Waals surface area contributed by atoms with E-state index in [9.17, 15) is 0 Å². The van der Waals surface area contributed by atoms with Gasteiger partial charge in [-0.15, -0.1) is 0 Å². The van der Waals surface area contributed by atoms with Crippen molar-refractivity contribution in [3.8, 4) is 11.8 Å². The van der Waals surface area contributed by atoms with Crippen molar-refractivity contribution in [2.75, 3.05) is 0 Å². The highest BCUT2D eigenvalue weighted by atomic mass is 16.5. The first-order valence-electron chi connectivity index (χ1n) is 5.95. The standard InChI is InChI=1S/C14H17N3O/c1-10-5-3-4-6-13(10)18-14-16-8-12(9-17-14)7-11(2)15/h3-6,8-9,11H,7,15H2,1-2H3. The molecule has 1 aromatic heterocycles. The molecule has 0 bridgehead atoms. The third kappa shape index (κ3) is 3.28. The average molecular weight is 243 g/mol. The molecule has 0 aliphatic heterocycles. The molecule has 2 rings (SSSR count). The van der Waals surface area contributed by atoms with Crippen LogP contribution in [0.15, 0.2) is 36.7 Å². The summed E-state index contributed by atoms with van der Waals surface area (Å²) in [6.07, 6.45) is 4.28. The number of benzene rings is 1. The number of ether oxygens (including phenoxy) is 1. The van der Waals surface area contributed by atoms with Gasteiger partial charge in [-0.25, -0.2) is 9.97 Å². The maximum Gasteiger partial charge on any atom is 0.321 e. The maximum atomic E-state index is 5.72. The van der Waals surface area contributed by atoms with Gasteiger partial charge in [-0.05, 0) is 37.5 Å². The van der Waals surface area contributed by atoms with Crippen LogP contribution in [0.2, 0.25) is 0 Å². The van der Waals surface area contributed by atoms with E-state index in [1.807, 2.05) is 38.1 Å². The van der Waals surface area contributed by atoms with Crippen molar-refractivity contribution < 1.29 is 4.74 Å². The maximum absolute atomic E-state index is 5.72. The van der Waals surface area contributed by atoms with Crippen LogP contribution in [0.3, 0.4) is 0 Å². The van der Waals surface area contributed by atoms with Crippen LogP contribution in [0.25, 0.3) is 0 Å². The van der Waals surface area contributed by atoms with E-state index in [0.29, 0.717) is 6.01 Å². The summed E-state index contributed by atoms with van der Waals surface area (Å²) < 4.78 is 5.62. The topological polar surface area (TPSA) is 61.0 Å². The summed E-state index contributed by atoms with van der Waals surface area (Å²) in [5.74, 6) is 0.775. The summed E-state index contributed by atoms with van der Waals surface area (Å²) in [4.78, 5) is 8.36. The molecule has 4 heteroatoms. The Morgan fingerprint density at radius 2 is 1.89 bits per heavy atom. The lowest BCUT2D eigenvalue weighted by Crippen LogP contribution is -2.17. The number of aryl methyl sites for hydroxylation is 1. The van der Waals surface area contributed by atoms with Gasteiger partial charge in [0.05, 0.1) is 0 Å². The molecule has 0 spiro atoms. The summed E-state index contributed by atoms with van der Waals surface area (Å²) in [5.41, 5.74) is 7.79. The molecule has 1 unspecified atom stereocenters. The van der Waals surface area contributed by atoms with E-state index in [2.05, 4.69) is 9.97 Å². The average Bonchev–Trinajstić information content (AvgIpc) is 2.34. The summed E-state index contributed by atoms with van der Waals surface area (Å²) in [6.45, 7) is 3.94. The summed E-state index contributed by atoms with van der Waals surface area (Å²) in [5, 5.41) is 0. The Kier molecular flexibility index (Phi) is 3.89. The number of hydrogen-bond donors (Lipinski definition) is 1. The highest BCUT2D eigenvalue weighted by Crippen LogP contribution is 2.21. The zero-order valence-corrected chi connectivity index (χ0v) is 10.6. The molecule has 18 heavy (non-hydrogen) atoms. The fourth-order valence-corrected chi connectivity index (χ4v) is 1.64. The number of hydrogen-bond acceptors (Lipinski definition) is 4. The lowest BCUT2D eigenvalue weighted by atomic mass is 10.1. The zero-order valence-electron chi connectivity index (χ0n) is 10.6. The van der Waals surface area contributed by atoms with Gasteiger partial charge in [0.25, 0.3) is 0 Å². The molecule has 1 aromatic carbocycles. The first-order chi connectivity index (χ1) is 8.65. The number of aromatic nitrogens is 2. The SMILES string of the molecule is Cc1ccccc1Oc1ncc(CC(C)N)cn1. The molecular weight excluding hydrogens is 226 g/mol. The molecule has 4 nitrogen and oxygen atoms in total. The predicted molar refractivity (Wildman–Crippen MR) is 70.6 cm³/mol. The second kappa shape index (κ2) is 5.60. The van der Waals surface area contributed by atoms with Crippen LogP contribution in [-0.2, 0) is 6.42 Å². The first kappa shape index (κ1) is 12.5. The second-order valence-corrected chi connectivity index (χ2v) is 4.42. The van der Waals surface area contributed by atoms with Gasteiger partial charge in [0.15, 0.2) is 0 Å². The first-order valence-corrected chi connectivity index (χ1v) is 5.95. The van der Waals surface area contributed by atoms with Crippen molar-refractivity contribution in [1.29, 1.82) is 0 Å². The number of nitrogens with two attached hydrogens (primary N) is 1.